The lowest BCUT2D eigenvalue weighted by atomic mass is 10.0. The van der Waals surface area contributed by atoms with Crippen LogP contribution in [0, 0.1) is 0 Å². The molecule has 0 aliphatic heterocycles. The number of aromatic nitrogens is 1. The number of carboxylic acid groups (broad SMARTS) is 2. The topological polar surface area (TPSA) is 193 Å². The number of nitrogens with zero attached hydrogens (tertiary/aromatic N) is 2. The SMILES string of the molecule is CCN(CC)CCN(CCNCCc1ccc(O)c2[nH]c(=O)sc12)C(=O)CCOCCc1cccc2ccccc12.O=C(O)CC(O)C(=O)O. The third-order valence-electron chi connectivity index (χ3n) is 8.21. The highest BCUT2D eigenvalue weighted by Crippen LogP contribution is 2.27. The first-order valence-electron chi connectivity index (χ1n) is 16.8. The average molecular weight is 713 g/mol. The maximum Gasteiger partial charge on any atom is 0.333 e. The molecule has 1 aromatic heterocycles. The Morgan fingerprint density at radius 2 is 1.64 bits per heavy atom. The van der Waals surface area contributed by atoms with Gasteiger partial charge >= 0.3 is 16.8 Å². The van der Waals surface area contributed by atoms with Gasteiger partial charge in [-0.3, -0.25) is 14.4 Å². The number of aliphatic carboxylic acids is 2. The number of ether oxygens (including phenoxy) is 1. The van der Waals surface area contributed by atoms with E-state index in [2.05, 4.69) is 71.5 Å². The Hall–Kier alpha value is -4.34. The number of thiazole rings is 1. The number of likely N-dealkylation sites (N-methyl/N-ethyl adjacent to an activating group) is 1. The Kier molecular flexibility index (Phi) is 16.8. The highest BCUT2D eigenvalue weighted by atomic mass is 32.1. The molecule has 0 aliphatic carbocycles. The molecule has 6 N–H and O–H groups in total. The fourth-order valence-electron chi connectivity index (χ4n) is 5.36. The molecule has 4 rings (SSSR count). The van der Waals surface area contributed by atoms with Crippen molar-refractivity contribution in [2.45, 2.75) is 45.6 Å². The van der Waals surface area contributed by atoms with E-state index in [4.69, 9.17) is 20.1 Å². The number of phenols is 1. The Balaban J connectivity index is 0.000000661. The van der Waals surface area contributed by atoms with Gasteiger partial charge in [-0.25, -0.2) is 4.79 Å². The monoisotopic (exact) mass is 712 g/mol. The Bertz CT molecular complexity index is 1730. The average Bonchev–Trinajstić information content (AvgIpc) is 3.50. The van der Waals surface area contributed by atoms with Crippen LogP contribution in [-0.4, -0.2) is 118 Å². The number of aliphatic hydroxyl groups excluding tert-OH is 1. The Morgan fingerprint density at radius 1 is 0.900 bits per heavy atom. The van der Waals surface area contributed by atoms with Crippen LogP contribution in [0.2, 0.25) is 0 Å². The van der Waals surface area contributed by atoms with Crippen molar-refractivity contribution in [1.29, 1.82) is 0 Å². The van der Waals surface area contributed by atoms with Crippen molar-refractivity contribution < 1.29 is 39.5 Å². The number of phenolic OH excluding ortho intramolecular Hbond substituents is 1. The molecule has 272 valence electrons. The number of hydrogen-bond donors (Lipinski definition) is 6. The van der Waals surface area contributed by atoms with Crippen LogP contribution in [-0.2, 0) is 32.0 Å². The minimum Gasteiger partial charge on any atom is -0.506 e. The summed E-state index contributed by atoms with van der Waals surface area (Å²) in [5, 5.41) is 40.1. The summed E-state index contributed by atoms with van der Waals surface area (Å²) < 4.78 is 6.70. The number of carboxylic acids is 2. The molecule has 0 aliphatic rings. The number of aliphatic hydroxyl groups is 1. The van der Waals surface area contributed by atoms with Gasteiger partial charge in [-0.1, -0.05) is 73.7 Å². The van der Waals surface area contributed by atoms with Gasteiger partial charge < -0.3 is 45.3 Å². The van der Waals surface area contributed by atoms with Crippen LogP contribution in [0.15, 0.2) is 59.4 Å². The molecule has 1 heterocycles. The third kappa shape index (κ3) is 12.8. The summed E-state index contributed by atoms with van der Waals surface area (Å²) in [4.78, 5) is 51.1. The molecular formula is C36H48N4O9S. The molecule has 1 unspecified atom stereocenters. The number of H-pyrrole nitrogens is 1. The van der Waals surface area contributed by atoms with Crippen molar-refractivity contribution in [2.75, 3.05) is 59.0 Å². The molecule has 0 radical (unpaired) electrons. The minimum atomic E-state index is -1.79. The lowest BCUT2D eigenvalue weighted by Gasteiger charge is -2.27. The van der Waals surface area contributed by atoms with E-state index >= 15 is 0 Å². The van der Waals surface area contributed by atoms with Gasteiger partial charge in [0.15, 0.2) is 6.10 Å². The number of aromatic amines is 1. The van der Waals surface area contributed by atoms with Crippen LogP contribution in [0.5, 0.6) is 5.75 Å². The standard InChI is InChI=1S/C32H42N4O4S.C4H6O5/c1-3-35(4-2)20-21-36(19-18-33-17-14-26-12-13-28(37)30-31(26)41-32(39)34-30)29(38)16-23-40-22-15-25-10-7-9-24-8-5-6-11-27(24)25;5-2(4(8)9)1-3(6)7/h5-13,33,37H,3-4,14-23H2,1-2H3,(H,34,39);2,5H,1H2,(H,6,7)(H,8,9). The van der Waals surface area contributed by atoms with Crippen LogP contribution >= 0.6 is 11.3 Å². The van der Waals surface area contributed by atoms with Crippen molar-refractivity contribution in [3.05, 3.63) is 75.4 Å². The van der Waals surface area contributed by atoms with Gasteiger partial charge in [-0.15, -0.1) is 0 Å². The number of carbonyl (C=O) groups excluding carboxylic acids is 1. The van der Waals surface area contributed by atoms with Gasteiger partial charge in [0.05, 0.1) is 30.8 Å². The molecule has 50 heavy (non-hydrogen) atoms. The smallest absolute Gasteiger partial charge is 0.333 e. The summed E-state index contributed by atoms with van der Waals surface area (Å²) in [6.45, 7) is 10.7. The lowest BCUT2D eigenvalue weighted by Crippen LogP contribution is -2.42. The second-order valence-electron chi connectivity index (χ2n) is 11.6. The molecule has 0 spiro atoms. The Labute approximate surface area is 295 Å². The number of aromatic hydroxyl groups is 1. The molecule has 1 atom stereocenters. The number of rotatable bonds is 20. The van der Waals surface area contributed by atoms with E-state index in [-0.39, 0.29) is 16.5 Å². The van der Waals surface area contributed by atoms with Crippen LogP contribution < -0.4 is 10.2 Å². The second kappa shape index (κ2) is 21.0. The van der Waals surface area contributed by atoms with Crippen molar-refractivity contribution >= 4 is 50.2 Å². The fourth-order valence-corrected chi connectivity index (χ4v) is 6.26. The van der Waals surface area contributed by atoms with Crippen molar-refractivity contribution in [3.63, 3.8) is 0 Å². The van der Waals surface area contributed by atoms with Crippen molar-refractivity contribution in [3.8, 4) is 5.75 Å². The summed E-state index contributed by atoms with van der Waals surface area (Å²) in [5.74, 6) is -2.64. The molecule has 1 amide bonds. The zero-order valence-electron chi connectivity index (χ0n) is 28.6. The van der Waals surface area contributed by atoms with Crippen LogP contribution in [0.4, 0.5) is 0 Å². The first-order valence-corrected chi connectivity index (χ1v) is 17.6. The molecule has 13 nitrogen and oxygen atoms in total. The lowest BCUT2D eigenvalue weighted by molar-refractivity contribution is -0.152. The first kappa shape index (κ1) is 40.1. The van der Waals surface area contributed by atoms with Crippen molar-refractivity contribution in [2.24, 2.45) is 0 Å². The first-order chi connectivity index (χ1) is 24.0. The molecular weight excluding hydrogens is 664 g/mol. The molecule has 0 saturated carbocycles. The van der Waals surface area contributed by atoms with Gasteiger partial charge in [0.25, 0.3) is 0 Å². The molecule has 3 aromatic carbocycles. The Morgan fingerprint density at radius 3 is 2.34 bits per heavy atom. The second-order valence-corrected chi connectivity index (χ2v) is 12.6. The number of carbonyl (C=O) groups is 3. The predicted octanol–water partition coefficient (Wildman–Crippen LogP) is 3.31. The summed E-state index contributed by atoms with van der Waals surface area (Å²) in [6, 6.07) is 18.2. The maximum absolute atomic E-state index is 13.2. The van der Waals surface area contributed by atoms with Crippen molar-refractivity contribution in [1.82, 2.24) is 20.1 Å². The number of amides is 1. The van der Waals surface area contributed by atoms with Gasteiger partial charge in [0.2, 0.25) is 5.91 Å². The predicted molar refractivity (Wildman–Crippen MR) is 194 cm³/mol. The quantitative estimate of drug-likeness (QED) is 0.0737. The van der Waals surface area contributed by atoms with Gasteiger partial charge in [-0.05, 0) is 60.4 Å². The summed E-state index contributed by atoms with van der Waals surface area (Å²) in [5.41, 5.74) is 2.79. The summed E-state index contributed by atoms with van der Waals surface area (Å²) in [7, 11) is 0. The number of nitrogens with one attached hydrogen (secondary N) is 2. The summed E-state index contributed by atoms with van der Waals surface area (Å²) >= 11 is 1.12. The van der Waals surface area contributed by atoms with Gasteiger partial charge in [0.1, 0.15) is 11.3 Å². The van der Waals surface area contributed by atoms with Crippen LogP contribution in [0.3, 0.4) is 0 Å². The van der Waals surface area contributed by atoms with Crippen LogP contribution in [0.1, 0.15) is 37.8 Å². The zero-order valence-corrected chi connectivity index (χ0v) is 29.4. The third-order valence-corrected chi connectivity index (χ3v) is 9.17. The van der Waals surface area contributed by atoms with E-state index in [9.17, 15) is 24.3 Å². The normalized spacial score (nSPS) is 11.8. The molecule has 14 heteroatoms. The number of fused-ring (bicyclic) bond motifs is 2. The van der Waals surface area contributed by atoms with E-state index in [1.165, 1.54) is 16.3 Å². The highest BCUT2D eigenvalue weighted by molar-refractivity contribution is 7.16. The molecule has 4 aromatic rings. The molecule has 0 bridgehead atoms. The fraction of sp³-hybridized carbons (Fsp3) is 0.444. The number of benzene rings is 3. The summed E-state index contributed by atoms with van der Waals surface area (Å²) in [6.07, 6.45) is -0.635. The van der Waals surface area contributed by atoms with E-state index in [1.807, 2.05) is 11.0 Å². The number of hydrogen-bond acceptors (Lipinski definition) is 10. The maximum atomic E-state index is 13.2. The van der Waals surface area contributed by atoms with Gasteiger partial charge in [0, 0.05) is 26.2 Å². The van der Waals surface area contributed by atoms with E-state index in [0.717, 1.165) is 54.1 Å². The van der Waals surface area contributed by atoms with E-state index < -0.39 is 24.5 Å². The minimum absolute atomic E-state index is 0.0926. The van der Waals surface area contributed by atoms with E-state index in [0.29, 0.717) is 51.3 Å². The van der Waals surface area contributed by atoms with E-state index in [1.54, 1.807) is 6.07 Å². The van der Waals surface area contributed by atoms with Gasteiger partial charge in [-0.2, -0.15) is 0 Å². The highest BCUT2D eigenvalue weighted by Gasteiger charge is 2.17. The largest absolute Gasteiger partial charge is 0.506 e. The van der Waals surface area contributed by atoms with Crippen LogP contribution in [0.25, 0.3) is 21.0 Å². The molecule has 0 saturated heterocycles. The zero-order chi connectivity index (χ0) is 36.5. The molecule has 0 fully saturated rings.